The molecule has 1 aromatic carbocycles. The summed E-state index contributed by atoms with van der Waals surface area (Å²) >= 11 is 9.32. The first-order valence-electron chi connectivity index (χ1n) is 5.54. The Balaban J connectivity index is 0.00000144. The molecule has 0 atom stereocenters. The summed E-state index contributed by atoms with van der Waals surface area (Å²) in [6, 6.07) is 5.62. The molecule has 1 aromatic rings. The molecule has 2 nitrogen and oxygen atoms in total. The zero-order valence-electron chi connectivity index (χ0n) is 9.42. The number of nitrogens with one attached hydrogen (secondary N) is 1. The lowest BCUT2D eigenvalue weighted by atomic mass is 9.99. The quantitative estimate of drug-likeness (QED) is 0.900. The molecule has 0 saturated carbocycles. The summed E-state index contributed by atoms with van der Waals surface area (Å²) in [5, 5.41) is 4.07. The van der Waals surface area contributed by atoms with Crippen LogP contribution in [0.4, 0.5) is 0 Å². The Morgan fingerprint density at radius 3 is 2.71 bits per heavy atom. The first kappa shape index (κ1) is 15.1. The van der Waals surface area contributed by atoms with E-state index in [-0.39, 0.29) is 12.4 Å². The van der Waals surface area contributed by atoms with Crippen LogP contribution in [0.5, 0.6) is 5.75 Å². The fraction of sp³-hybridized carbons (Fsp3) is 0.500. The summed E-state index contributed by atoms with van der Waals surface area (Å²) in [7, 11) is 0. The molecule has 1 N–H and O–H groups in total. The maximum absolute atomic E-state index is 5.87. The molecule has 5 heteroatoms. The minimum Gasteiger partial charge on any atom is -0.492 e. The maximum atomic E-state index is 5.87. The van der Waals surface area contributed by atoms with Crippen molar-refractivity contribution in [1.29, 1.82) is 0 Å². The molecule has 0 aromatic heterocycles. The van der Waals surface area contributed by atoms with E-state index in [1.807, 2.05) is 18.2 Å². The highest BCUT2D eigenvalue weighted by molar-refractivity contribution is 9.10. The summed E-state index contributed by atoms with van der Waals surface area (Å²) in [5.74, 6) is 1.55. The van der Waals surface area contributed by atoms with E-state index < -0.39 is 0 Å². The van der Waals surface area contributed by atoms with Gasteiger partial charge in [-0.1, -0.05) is 11.6 Å². The Morgan fingerprint density at radius 2 is 2.06 bits per heavy atom. The topological polar surface area (TPSA) is 21.3 Å². The molecule has 1 fully saturated rings. The van der Waals surface area contributed by atoms with Crippen molar-refractivity contribution in [2.24, 2.45) is 5.92 Å². The fourth-order valence-corrected chi connectivity index (χ4v) is 2.65. The molecular weight excluding hydrogens is 325 g/mol. The van der Waals surface area contributed by atoms with Crippen molar-refractivity contribution < 1.29 is 4.74 Å². The first-order chi connectivity index (χ1) is 7.75. The number of piperidine rings is 1. The van der Waals surface area contributed by atoms with Gasteiger partial charge in [-0.15, -0.1) is 12.4 Å². The van der Waals surface area contributed by atoms with Crippen LogP contribution in [0.25, 0.3) is 0 Å². The molecule has 0 aliphatic carbocycles. The molecule has 17 heavy (non-hydrogen) atoms. The summed E-state index contributed by atoms with van der Waals surface area (Å²) < 4.78 is 6.72. The number of ether oxygens (including phenoxy) is 1. The first-order valence-corrected chi connectivity index (χ1v) is 6.71. The van der Waals surface area contributed by atoms with E-state index in [4.69, 9.17) is 16.3 Å². The van der Waals surface area contributed by atoms with Crippen LogP contribution in [-0.2, 0) is 0 Å². The summed E-state index contributed by atoms with van der Waals surface area (Å²) in [4.78, 5) is 0. The third-order valence-corrected chi connectivity index (χ3v) is 3.68. The van der Waals surface area contributed by atoms with Gasteiger partial charge >= 0.3 is 0 Å². The minimum absolute atomic E-state index is 0. The van der Waals surface area contributed by atoms with Crippen molar-refractivity contribution in [3.8, 4) is 5.75 Å². The van der Waals surface area contributed by atoms with Crippen molar-refractivity contribution in [3.63, 3.8) is 0 Å². The molecule has 1 aliphatic heterocycles. The van der Waals surface area contributed by atoms with Gasteiger partial charge in [0.05, 0.1) is 11.1 Å². The average Bonchev–Trinajstić information content (AvgIpc) is 2.29. The van der Waals surface area contributed by atoms with E-state index in [1.54, 1.807) is 0 Å². The van der Waals surface area contributed by atoms with Gasteiger partial charge in [-0.25, -0.2) is 0 Å². The van der Waals surface area contributed by atoms with Crippen LogP contribution in [-0.4, -0.2) is 19.7 Å². The molecule has 96 valence electrons. The smallest absolute Gasteiger partial charge is 0.133 e. The van der Waals surface area contributed by atoms with Crippen molar-refractivity contribution in [3.05, 3.63) is 27.7 Å². The molecule has 0 unspecified atom stereocenters. The summed E-state index contributed by atoms with van der Waals surface area (Å²) in [5.41, 5.74) is 0. The highest BCUT2D eigenvalue weighted by Crippen LogP contribution is 2.28. The predicted octanol–water partition coefficient (Wildman–Crippen LogP) is 3.90. The van der Waals surface area contributed by atoms with Crippen molar-refractivity contribution in [1.82, 2.24) is 5.32 Å². The zero-order chi connectivity index (χ0) is 11.4. The molecule has 0 bridgehead atoms. The second-order valence-corrected chi connectivity index (χ2v) is 5.37. The van der Waals surface area contributed by atoms with Crippen LogP contribution in [0, 0.1) is 5.92 Å². The van der Waals surface area contributed by atoms with Gasteiger partial charge in [0.25, 0.3) is 0 Å². The van der Waals surface area contributed by atoms with E-state index in [9.17, 15) is 0 Å². The van der Waals surface area contributed by atoms with Gasteiger partial charge in [0.1, 0.15) is 5.75 Å². The largest absolute Gasteiger partial charge is 0.492 e. The van der Waals surface area contributed by atoms with Gasteiger partial charge in [-0.3, -0.25) is 0 Å². The molecule has 1 heterocycles. The summed E-state index contributed by atoms with van der Waals surface area (Å²) in [6.07, 6.45) is 2.40. The van der Waals surface area contributed by atoms with Gasteiger partial charge < -0.3 is 10.1 Å². The van der Waals surface area contributed by atoms with E-state index in [2.05, 4.69) is 21.2 Å². The van der Waals surface area contributed by atoms with Gasteiger partial charge in [0.2, 0.25) is 0 Å². The van der Waals surface area contributed by atoms with Gasteiger partial charge in [0, 0.05) is 5.02 Å². The third kappa shape index (κ3) is 4.66. The predicted molar refractivity (Wildman–Crippen MR) is 77.5 cm³/mol. The molecule has 2 rings (SSSR count). The van der Waals surface area contributed by atoms with E-state index >= 15 is 0 Å². The van der Waals surface area contributed by atoms with Gasteiger partial charge in [-0.05, 0) is 66.0 Å². The Kier molecular flexibility index (Phi) is 6.63. The van der Waals surface area contributed by atoms with Crippen LogP contribution < -0.4 is 10.1 Å². The zero-order valence-corrected chi connectivity index (χ0v) is 12.6. The lowest BCUT2D eigenvalue weighted by molar-refractivity contribution is 0.214. The Labute approximate surface area is 122 Å². The number of benzene rings is 1. The Morgan fingerprint density at radius 1 is 1.35 bits per heavy atom. The molecule has 0 radical (unpaired) electrons. The molecule has 1 aliphatic rings. The monoisotopic (exact) mass is 339 g/mol. The maximum Gasteiger partial charge on any atom is 0.133 e. The second-order valence-electron chi connectivity index (χ2n) is 4.08. The average molecular weight is 341 g/mol. The van der Waals surface area contributed by atoms with Crippen LogP contribution in [0.3, 0.4) is 0 Å². The Bertz CT molecular complexity index is 356. The lowest BCUT2D eigenvalue weighted by Crippen LogP contribution is -2.30. The molecule has 0 amide bonds. The standard InChI is InChI=1S/C12H15BrClNO.ClH/c13-11-7-10(14)1-2-12(11)16-8-9-3-5-15-6-4-9;/h1-2,7,9,15H,3-6,8H2;1H. The normalized spacial score (nSPS) is 16.4. The summed E-state index contributed by atoms with van der Waals surface area (Å²) in [6.45, 7) is 3.01. The number of hydrogen-bond acceptors (Lipinski definition) is 2. The third-order valence-electron chi connectivity index (χ3n) is 2.83. The number of hydrogen-bond donors (Lipinski definition) is 1. The second kappa shape index (κ2) is 7.47. The molecule has 1 saturated heterocycles. The molecule has 0 spiro atoms. The van der Waals surface area contributed by atoms with Crippen molar-refractivity contribution >= 4 is 39.9 Å². The SMILES string of the molecule is Cl.Clc1ccc(OCC2CCNCC2)c(Br)c1. The van der Waals surface area contributed by atoms with E-state index in [1.165, 1.54) is 12.8 Å². The van der Waals surface area contributed by atoms with Crippen molar-refractivity contribution in [2.45, 2.75) is 12.8 Å². The Hall–Kier alpha value is 0.0400. The van der Waals surface area contributed by atoms with Crippen LogP contribution in [0.1, 0.15) is 12.8 Å². The lowest BCUT2D eigenvalue weighted by Gasteiger charge is -2.22. The van der Waals surface area contributed by atoms with Crippen molar-refractivity contribution in [2.75, 3.05) is 19.7 Å². The van der Waals surface area contributed by atoms with Crippen LogP contribution in [0.2, 0.25) is 5.02 Å². The number of halogens is 3. The number of rotatable bonds is 3. The van der Waals surface area contributed by atoms with Gasteiger partial charge in [0.15, 0.2) is 0 Å². The molecular formula is C12H16BrCl2NO. The van der Waals surface area contributed by atoms with Crippen LogP contribution in [0.15, 0.2) is 22.7 Å². The highest BCUT2D eigenvalue weighted by atomic mass is 79.9. The minimum atomic E-state index is 0. The van der Waals surface area contributed by atoms with Gasteiger partial charge in [-0.2, -0.15) is 0 Å². The van der Waals surface area contributed by atoms with Crippen LogP contribution >= 0.6 is 39.9 Å². The fourth-order valence-electron chi connectivity index (χ4n) is 1.85. The van der Waals surface area contributed by atoms with E-state index in [0.29, 0.717) is 5.92 Å². The highest BCUT2D eigenvalue weighted by Gasteiger charge is 2.14. The van der Waals surface area contributed by atoms with E-state index in [0.717, 1.165) is 34.9 Å².